The summed E-state index contributed by atoms with van der Waals surface area (Å²) in [5, 5.41) is 2.16. The molecule has 7 rings (SSSR count). The number of benzene rings is 5. The van der Waals surface area contributed by atoms with Crippen LogP contribution in [-0.2, 0) is 0 Å². The summed E-state index contributed by atoms with van der Waals surface area (Å²) >= 11 is 0. The van der Waals surface area contributed by atoms with E-state index in [1.165, 1.54) is 27.8 Å². The van der Waals surface area contributed by atoms with Crippen LogP contribution in [0.2, 0.25) is 0 Å². The highest BCUT2D eigenvalue weighted by Gasteiger charge is 2.23. The van der Waals surface area contributed by atoms with Crippen LogP contribution in [0.3, 0.4) is 0 Å². The molecule has 0 spiro atoms. The molecule has 0 aliphatic heterocycles. The maximum absolute atomic E-state index is 6.66. The maximum Gasteiger partial charge on any atom is 0.231 e. The Hall–Kier alpha value is -4.63. The standard InChI is InChI=1S/C37H31NO2/c1-22(2)30-20-25(24-12-6-5-7-13-24)21-31(23(3)4)34(30)28-16-11-18-32-36(28)40-37(38-32)29-17-10-15-27-26-14-8-9-19-33(26)39-35(27)29/h5-23H,1-4H3. The number of oxazole rings is 1. The quantitative estimate of drug-likeness (QED) is 0.226. The molecule has 40 heavy (non-hydrogen) atoms. The lowest BCUT2D eigenvalue weighted by Crippen LogP contribution is -2.01. The van der Waals surface area contributed by atoms with Crippen LogP contribution >= 0.6 is 0 Å². The fourth-order valence-corrected chi connectivity index (χ4v) is 5.88. The van der Waals surface area contributed by atoms with Crippen molar-refractivity contribution >= 4 is 33.0 Å². The Morgan fingerprint density at radius 2 is 1.20 bits per heavy atom. The summed E-state index contributed by atoms with van der Waals surface area (Å²) in [5.74, 6) is 1.24. The van der Waals surface area contributed by atoms with Crippen molar-refractivity contribution in [2.75, 3.05) is 0 Å². The molecule has 0 N–H and O–H groups in total. The zero-order chi connectivity index (χ0) is 27.4. The lowest BCUT2D eigenvalue weighted by atomic mass is 9.82. The molecule has 3 nitrogen and oxygen atoms in total. The molecule has 0 amide bonds. The fourth-order valence-electron chi connectivity index (χ4n) is 5.88. The summed E-state index contributed by atoms with van der Waals surface area (Å²) in [4.78, 5) is 4.98. The summed E-state index contributed by atoms with van der Waals surface area (Å²) < 4.78 is 13.0. The molecule has 5 aromatic carbocycles. The summed E-state index contributed by atoms with van der Waals surface area (Å²) in [5.41, 5.74) is 11.6. The van der Waals surface area contributed by atoms with Crippen molar-refractivity contribution in [1.29, 1.82) is 0 Å². The van der Waals surface area contributed by atoms with E-state index in [1.54, 1.807) is 0 Å². The Morgan fingerprint density at radius 3 is 1.95 bits per heavy atom. The topological polar surface area (TPSA) is 39.2 Å². The number of aromatic nitrogens is 1. The van der Waals surface area contributed by atoms with E-state index in [2.05, 4.69) is 94.4 Å². The van der Waals surface area contributed by atoms with Crippen molar-refractivity contribution in [2.45, 2.75) is 39.5 Å². The minimum atomic E-state index is 0.332. The van der Waals surface area contributed by atoms with Crippen molar-refractivity contribution < 1.29 is 8.83 Å². The predicted octanol–water partition coefficient (Wildman–Crippen LogP) is 11.0. The van der Waals surface area contributed by atoms with Crippen molar-refractivity contribution in [1.82, 2.24) is 4.98 Å². The third-order valence-corrected chi connectivity index (χ3v) is 7.87. The van der Waals surface area contributed by atoms with Gasteiger partial charge in [0.05, 0.1) is 5.56 Å². The Morgan fingerprint density at radius 1 is 0.550 bits per heavy atom. The van der Waals surface area contributed by atoms with E-state index in [1.807, 2.05) is 36.4 Å². The molecule has 0 fully saturated rings. The van der Waals surface area contributed by atoms with Gasteiger partial charge in [-0.3, -0.25) is 0 Å². The van der Waals surface area contributed by atoms with Gasteiger partial charge in [-0.15, -0.1) is 0 Å². The van der Waals surface area contributed by atoms with E-state index < -0.39 is 0 Å². The minimum absolute atomic E-state index is 0.332. The predicted molar refractivity (Wildman–Crippen MR) is 166 cm³/mol. The van der Waals surface area contributed by atoms with E-state index >= 15 is 0 Å². The van der Waals surface area contributed by atoms with Gasteiger partial charge in [-0.05, 0) is 57.9 Å². The van der Waals surface area contributed by atoms with Crippen LogP contribution < -0.4 is 0 Å². The smallest absolute Gasteiger partial charge is 0.231 e. The molecule has 0 bridgehead atoms. The molecule has 0 atom stereocenters. The van der Waals surface area contributed by atoms with E-state index in [9.17, 15) is 0 Å². The van der Waals surface area contributed by atoms with E-state index in [-0.39, 0.29) is 0 Å². The van der Waals surface area contributed by atoms with Gasteiger partial charge in [-0.25, -0.2) is 4.98 Å². The van der Waals surface area contributed by atoms with Gasteiger partial charge in [-0.2, -0.15) is 0 Å². The molecule has 0 unspecified atom stereocenters. The summed E-state index contributed by atoms with van der Waals surface area (Å²) in [7, 11) is 0. The SMILES string of the molecule is CC(C)c1cc(-c2ccccc2)cc(C(C)C)c1-c1cccc2nc(-c3cccc4c3oc3ccccc34)oc12. The molecule has 3 heteroatoms. The zero-order valence-corrected chi connectivity index (χ0v) is 23.2. The normalized spacial score (nSPS) is 11.9. The first-order chi connectivity index (χ1) is 19.5. The van der Waals surface area contributed by atoms with Gasteiger partial charge in [-0.1, -0.05) is 113 Å². The third kappa shape index (κ3) is 3.93. The van der Waals surface area contributed by atoms with Gasteiger partial charge in [0.2, 0.25) is 5.89 Å². The minimum Gasteiger partial charge on any atom is -0.455 e. The molecule has 0 saturated heterocycles. The molecular weight excluding hydrogens is 490 g/mol. The van der Waals surface area contributed by atoms with Gasteiger partial charge in [0.25, 0.3) is 0 Å². The molecule has 0 aliphatic rings. The average molecular weight is 522 g/mol. The Balaban J connectivity index is 1.46. The average Bonchev–Trinajstić information content (AvgIpc) is 3.58. The Kier molecular flexibility index (Phi) is 5.82. The Labute approximate surface area is 234 Å². The highest BCUT2D eigenvalue weighted by Crippen LogP contribution is 2.44. The largest absolute Gasteiger partial charge is 0.455 e. The maximum atomic E-state index is 6.66. The molecule has 7 aromatic rings. The monoisotopic (exact) mass is 521 g/mol. The van der Waals surface area contributed by atoms with Crippen LogP contribution in [0.5, 0.6) is 0 Å². The van der Waals surface area contributed by atoms with Gasteiger partial charge >= 0.3 is 0 Å². The van der Waals surface area contributed by atoms with E-state index in [4.69, 9.17) is 13.8 Å². The zero-order valence-electron chi connectivity index (χ0n) is 23.2. The lowest BCUT2D eigenvalue weighted by Gasteiger charge is -2.22. The van der Waals surface area contributed by atoms with Crippen LogP contribution in [0.1, 0.15) is 50.7 Å². The molecule has 0 aliphatic carbocycles. The highest BCUT2D eigenvalue weighted by atomic mass is 16.4. The van der Waals surface area contributed by atoms with Gasteiger partial charge in [0, 0.05) is 16.3 Å². The molecule has 0 radical (unpaired) electrons. The molecule has 2 heterocycles. The summed E-state index contributed by atoms with van der Waals surface area (Å²) in [6.07, 6.45) is 0. The van der Waals surface area contributed by atoms with Crippen LogP contribution in [0.4, 0.5) is 0 Å². The number of fused-ring (bicyclic) bond motifs is 4. The highest BCUT2D eigenvalue weighted by molar-refractivity contribution is 6.09. The number of nitrogens with zero attached hydrogens (tertiary/aromatic N) is 1. The fraction of sp³-hybridized carbons (Fsp3) is 0.162. The van der Waals surface area contributed by atoms with Gasteiger partial charge < -0.3 is 8.83 Å². The summed E-state index contributed by atoms with van der Waals surface area (Å²) in [6, 6.07) is 36.0. The summed E-state index contributed by atoms with van der Waals surface area (Å²) in [6.45, 7) is 9.08. The van der Waals surface area contributed by atoms with Crippen LogP contribution in [0, 0.1) is 0 Å². The number of rotatable bonds is 5. The van der Waals surface area contributed by atoms with Crippen molar-refractivity contribution in [2.24, 2.45) is 0 Å². The van der Waals surface area contributed by atoms with Gasteiger partial charge in [0.15, 0.2) is 5.58 Å². The van der Waals surface area contributed by atoms with Gasteiger partial charge in [0.1, 0.15) is 16.7 Å². The number of hydrogen-bond acceptors (Lipinski definition) is 3. The van der Waals surface area contributed by atoms with Crippen molar-refractivity contribution in [3.05, 3.63) is 114 Å². The first-order valence-corrected chi connectivity index (χ1v) is 14.0. The van der Waals surface area contributed by atoms with E-state index in [0.29, 0.717) is 17.7 Å². The number of furan rings is 1. The lowest BCUT2D eigenvalue weighted by molar-refractivity contribution is 0.616. The molecule has 0 saturated carbocycles. The molecule has 196 valence electrons. The van der Waals surface area contributed by atoms with E-state index in [0.717, 1.165) is 44.2 Å². The van der Waals surface area contributed by atoms with Crippen molar-refractivity contribution in [3.8, 4) is 33.7 Å². The Bertz CT molecular complexity index is 1980. The second kappa shape index (κ2) is 9.53. The molecular formula is C37H31NO2. The number of para-hydroxylation sites is 3. The second-order valence-corrected chi connectivity index (χ2v) is 11.2. The molecule has 2 aromatic heterocycles. The first-order valence-electron chi connectivity index (χ1n) is 14.0. The van der Waals surface area contributed by atoms with Crippen LogP contribution in [0.15, 0.2) is 112 Å². The second-order valence-electron chi connectivity index (χ2n) is 11.2. The number of hydrogen-bond donors (Lipinski definition) is 0. The first kappa shape index (κ1) is 24.4. The van der Waals surface area contributed by atoms with Crippen LogP contribution in [0.25, 0.3) is 66.7 Å². The van der Waals surface area contributed by atoms with Crippen molar-refractivity contribution in [3.63, 3.8) is 0 Å². The van der Waals surface area contributed by atoms with Crippen LogP contribution in [-0.4, -0.2) is 4.98 Å². The third-order valence-electron chi connectivity index (χ3n) is 7.87.